The second-order valence-corrected chi connectivity index (χ2v) is 4.11. The van der Waals surface area contributed by atoms with E-state index >= 15 is 0 Å². The zero-order valence-electron chi connectivity index (χ0n) is 8.64. The van der Waals surface area contributed by atoms with Crippen molar-refractivity contribution in [3.05, 3.63) is 18.2 Å². The van der Waals surface area contributed by atoms with Gasteiger partial charge in [0.15, 0.2) is 5.82 Å². The van der Waals surface area contributed by atoms with Crippen LogP contribution in [0, 0.1) is 5.92 Å². The molecule has 4 heteroatoms. The van der Waals surface area contributed by atoms with Gasteiger partial charge in [-0.25, -0.2) is 9.67 Å². The summed E-state index contributed by atoms with van der Waals surface area (Å²) in [6.45, 7) is 2.23. The molecule has 0 amide bonds. The SMILES string of the molecule is CC1CC(c2ncnn2C)=CC(N)C1. The normalized spacial score (nSPS) is 27.5. The van der Waals surface area contributed by atoms with Crippen LogP contribution in [-0.4, -0.2) is 20.8 Å². The van der Waals surface area contributed by atoms with Gasteiger partial charge in [0, 0.05) is 13.1 Å². The zero-order valence-corrected chi connectivity index (χ0v) is 8.64. The highest BCUT2D eigenvalue weighted by molar-refractivity contribution is 5.61. The smallest absolute Gasteiger partial charge is 0.153 e. The van der Waals surface area contributed by atoms with E-state index in [9.17, 15) is 0 Å². The van der Waals surface area contributed by atoms with Crippen LogP contribution in [0.3, 0.4) is 0 Å². The Kier molecular flexibility index (Phi) is 2.37. The lowest BCUT2D eigenvalue weighted by Crippen LogP contribution is -2.25. The largest absolute Gasteiger partial charge is 0.324 e. The summed E-state index contributed by atoms with van der Waals surface area (Å²) in [5.74, 6) is 1.59. The molecule has 4 nitrogen and oxygen atoms in total. The number of hydrogen-bond donors (Lipinski definition) is 1. The number of allylic oxidation sites excluding steroid dienone is 1. The third-order valence-electron chi connectivity index (χ3n) is 2.66. The first-order chi connectivity index (χ1) is 6.66. The molecule has 1 aliphatic rings. The molecule has 0 fully saturated rings. The lowest BCUT2D eigenvalue weighted by Gasteiger charge is -2.22. The molecular weight excluding hydrogens is 176 g/mol. The maximum atomic E-state index is 5.94. The summed E-state index contributed by atoms with van der Waals surface area (Å²) in [6, 6.07) is 0.172. The number of aromatic nitrogens is 3. The van der Waals surface area contributed by atoms with Crippen molar-refractivity contribution in [1.29, 1.82) is 0 Å². The second kappa shape index (κ2) is 3.53. The van der Waals surface area contributed by atoms with Gasteiger partial charge in [-0.1, -0.05) is 13.0 Å². The summed E-state index contributed by atoms with van der Waals surface area (Å²) >= 11 is 0. The van der Waals surface area contributed by atoms with Gasteiger partial charge in [-0.15, -0.1) is 0 Å². The molecule has 1 heterocycles. The molecule has 2 atom stereocenters. The van der Waals surface area contributed by atoms with Crippen LogP contribution in [0.1, 0.15) is 25.6 Å². The van der Waals surface area contributed by atoms with Crippen LogP contribution in [0.4, 0.5) is 0 Å². The van der Waals surface area contributed by atoms with Crippen molar-refractivity contribution in [3.63, 3.8) is 0 Å². The van der Waals surface area contributed by atoms with Crippen molar-refractivity contribution >= 4 is 5.57 Å². The van der Waals surface area contributed by atoms with Crippen molar-refractivity contribution in [2.75, 3.05) is 0 Å². The molecule has 1 aliphatic carbocycles. The van der Waals surface area contributed by atoms with Crippen molar-refractivity contribution in [1.82, 2.24) is 14.8 Å². The van der Waals surface area contributed by atoms with Gasteiger partial charge in [0.1, 0.15) is 6.33 Å². The molecule has 0 radical (unpaired) electrons. The Morgan fingerprint density at radius 3 is 2.93 bits per heavy atom. The summed E-state index contributed by atoms with van der Waals surface area (Å²) in [7, 11) is 1.91. The van der Waals surface area contributed by atoms with Crippen LogP contribution >= 0.6 is 0 Å². The zero-order chi connectivity index (χ0) is 10.1. The molecule has 0 aliphatic heterocycles. The predicted octanol–water partition coefficient (Wildman–Crippen LogP) is 0.956. The van der Waals surface area contributed by atoms with Crippen LogP contribution in [0.2, 0.25) is 0 Å². The Morgan fingerprint density at radius 2 is 2.36 bits per heavy atom. The van der Waals surface area contributed by atoms with E-state index < -0.39 is 0 Å². The van der Waals surface area contributed by atoms with Gasteiger partial charge in [0.25, 0.3) is 0 Å². The van der Waals surface area contributed by atoms with Crippen LogP contribution in [-0.2, 0) is 7.05 Å². The lowest BCUT2D eigenvalue weighted by molar-refractivity contribution is 0.492. The number of nitrogens with zero attached hydrogens (tertiary/aromatic N) is 3. The van der Waals surface area contributed by atoms with Crippen LogP contribution in [0.15, 0.2) is 12.4 Å². The summed E-state index contributed by atoms with van der Waals surface area (Å²) in [5.41, 5.74) is 7.17. The van der Waals surface area contributed by atoms with Gasteiger partial charge in [0.2, 0.25) is 0 Å². The fraction of sp³-hybridized carbons (Fsp3) is 0.600. The number of aryl methyl sites for hydroxylation is 1. The first-order valence-corrected chi connectivity index (χ1v) is 4.97. The van der Waals surface area contributed by atoms with Crippen LogP contribution < -0.4 is 5.73 Å². The highest BCUT2D eigenvalue weighted by Crippen LogP contribution is 2.28. The molecule has 2 rings (SSSR count). The van der Waals surface area contributed by atoms with Crippen LogP contribution in [0.5, 0.6) is 0 Å². The van der Waals surface area contributed by atoms with E-state index in [1.165, 1.54) is 5.57 Å². The maximum Gasteiger partial charge on any atom is 0.153 e. The molecule has 14 heavy (non-hydrogen) atoms. The molecule has 2 unspecified atom stereocenters. The standard InChI is InChI=1S/C10H16N4/c1-7-3-8(5-9(11)4-7)10-12-6-13-14(10)2/h5-7,9H,3-4,11H2,1-2H3. The van der Waals surface area contributed by atoms with E-state index in [0.717, 1.165) is 18.7 Å². The Hall–Kier alpha value is -1.16. The first-order valence-electron chi connectivity index (χ1n) is 4.97. The van der Waals surface area contributed by atoms with Gasteiger partial charge in [-0.05, 0) is 24.3 Å². The van der Waals surface area contributed by atoms with Gasteiger partial charge in [-0.2, -0.15) is 5.10 Å². The minimum Gasteiger partial charge on any atom is -0.324 e. The minimum atomic E-state index is 0.172. The van der Waals surface area contributed by atoms with E-state index in [-0.39, 0.29) is 6.04 Å². The van der Waals surface area contributed by atoms with E-state index in [1.807, 2.05) is 7.05 Å². The average molecular weight is 192 g/mol. The molecule has 2 N–H and O–H groups in total. The molecule has 0 saturated heterocycles. The average Bonchev–Trinajstić information content (AvgIpc) is 2.49. The Balaban J connectivity index is 2.30. The molecule has 76 valence electrons. The predicted molar refractivity (Wildman–Crippen MR) is 55.4 cm³/mol. The minimum absolute atomic E-state index is 0.172. The molecule has 0 bridgehead atoms. The topological polar surface area (TPSA) is 56.7 Å². The quantitative estimate of drug-likeness (QED) is 0.721. The lowest BCUT2D eigenvalue weighted by atomic mass is 9.87. The Morgan fingerprint density at radius 1 is 1.57 bits per heavy atom. The summed E-state index contributed by atoms with van der Waals surface area (Å²) in [5, 5.41) is 4.07. The van der Waals surface area contributed by atoms with Gasteiger partial charge in [0.05, 0.1) is 0 Å². The number of hydrogen-bond acceptors (Lipinski definition) is 3. The van der Waals surface area contributed by atoms with Crippen LogP contribution in [0.25, 0.3) is 5.57 Å². The maximum absolute atomic E-state index is 5.94. The highest BCUT2D eigenvalue weighted by Gasteiger charge is 2.19. The van der Waals surface area contributed by atoms with E-state index in [1.54, 1.807) is 11.0 Å². The van der Waals surface area contributed by atoms with E-state index in [4.69, 9.17) is 5.73 Å². The Bertz CT molecular complexity index is 353. The number of nitrogens with two attached hydrogens (primary N) is 1. The monoisotopic (exact) mass is 192 g/mol. The second-order valence-electron chi connectivity index (χ2n) is 4.11. The van der Waals surface area contributed by atoms with Crippen molar-refractivity contribution in [2.45, 2.75) is 25.8 Å². The molecule has 1 aromatic rings. The highest BCUT2D eigenvalue weighted by atomic mass is 15.3. The molecule has 1 aromatic heterocycles. The Labute approximate surface area is 83.8 Å². The van der Waals surface area contributed by atoms with E-state index in [0.29, 0.717) is 5.92 Å². The number of rotatable bonds is 1. The molecule has 0 spiro atoms. The summed E-state index contributed by atoms with van der Waals surface area (Å²) in [6.07, 6.45) is 5.83. The van der Waals surface area contributed by atoms with Gasteiger partial charge in [-0.3, -0.25) is 0 Å². The van der Waals surface area contributed by atoms with Crippen molar-refractivity contribution in [2.24, 2.45) is 18.7 Å². The van der Waals surface area contributed by atoms with Crippen molar-refractivity contribution in [3.8, 4) is 0 Å². The molecule has 0 saturated carbocycles. The van der Waals surface area contributed by atoms with Crippen molar-refractivity contribution < 1.29 is 0 Å². The van der Waals surface area contributed by atoms with Gasteiger partial charge < -0.3 is 5.73 Å². The molecule has 0 aromatic carbocycles. The van der Waals surface area contributed by atoms with Gasteiger partial charge >= 0.3 is 0 Å². The van der Waals surface area contributed by atoms with E-state index in [2.05, 4.69) is 23.1 Å². The molecular formula is C10H16N4. The third-order valence-corrected chi connectivity index (χ3v) is 2.66. The summed E-state index contributed by atoms with van der Waals surface area (Å²) in [4.78, 5) is 4.24. The fourth-order valence-corrected chi connectivity index (χ4v) is 2.07. The summed E-state index contributed by atoms with van der Waals surface area (Å²) < 4.78 is 1.80. The third kappa shape index (κ3) is 1.70. The fourth-order valence-electron chi connectivity index (χ4n) is 2.07. The first kappa shape index (κ1) is 9.40.